The van der Waals surface area contributed by atoms with Gasteiger partial charge in [0.25, 0.3) is 0 Å². The van der Waals surface area contributed by atoms with Gasteiger partial charge < -0.3 is 9.52 Å². The molecule has 1 saturated heterocycles. The molecule has 1 N–H and O–H groups in total. The third-order valence-corrected chi connectivity index (χ3v) is 6.85. The molecule has 0 saturated carbocycles. The summed E-state index contributed by atoms with van der Waals surface area (Å²) in [4.78, 5) is 7.27. The van der Waals surface area contributed by atoms with Crippen molar-refractivity contribution in [3.8, 4) is 22.6 Å². The summed E-state index contributed by atoms with van der Waals surface area (Å²) < 4.78 is 29.2. The Balaban J connectivity index is 1.54. The van der Waals surface area contributed by atoms with Crippen LogP contribution in [0, 0.1) is 6.92 Å². The lowest BCUT2D eigenvalue weighted by Crippen LogP contribution is -2.26. The standard InChI is InChI=1S/C23H26N2O4S/c1-15(25-13-12-20(26)14-25)22-16(2)29-23(24-22)19-6-4-17(5-7-19)18-8-10-21(11-9-18)30(3,27)28/h4-11,15,20,26H,12-14H2,1-3H3/t15?,20-/m1/s1. The molecule has 2 atom stereocenters. The highest BCUT2D eigenvalue weighted by molar-refractivity contribution is 7.90. The second kappa shape index (κ2) is 7.98. The van der Waals surface area contributed by atoms with Gasteiger partial charge in [0, 0.05) is 24.9 Å². The van der Waals surface area contributed by atoms with E-state index in [2.05, 4.69) is 11.8 Å². The number of β-amino-alcohol motifs (C(OH)–C–C–N with tert-alkyl or cyclic N) is 1. The molecule has 2 aromatic carbocycles. The number of oxazole rings is 1. The lowest BCUT2D eigenvalue weighted by molar-refractivity contribution is 0.162. The van der Waals surface area contributed by atoms with Crippen LogP contribution < -0.4 is 0 Å². The van der Waals surface area contributed by atoms with Crippen LogP contribution in [0.4, 0.5) is 0 Å². The Morgan fingerprint density at radius 1 is 1.07 bits per heavy atom. The van der Waals surface area contributed by atoms with E-state index < -0.39 is 9.84 Å². The molecule has 0 amide bonds. The van der Waals surface area contributed by atoms with Crippen LogP contribution in [0.5, 0.6) is 0 Å². The number of aryl methyl sites for hydroxylation is 1. The van der Waals surface area contributed by atoms with Crippen LogP contribution in [0.25, 0.3) is 22.6 Å². The van der Waals surface area contributed by atoms with Gasteiger partial charge in [-0.05, 0) is 55.7 Å². The number of aliphatic hydroxyl groups is 1. The molecule has 0 radical (unpaired) electrons. The quantitative estimate of drug-likeness (QED) is 0.667. The van der Waals surface area contributed by atoms with E-state index in [9.17, 15) is 13.5 Å². The first-order valence-electron chi connectivity index (χ1n) is 10.0. The Hall–Kier alpha value is -2.48. The number of aliphatic hydroxyl groups excluding tert-OH is 1. The molecule has 0 spiro atoms. The molecule has 1 unspecified atom stereocenters. The van der Waals surface area contributed by atoms with E-state index in [1.165, 1.54) is 6.26 Å². The van der Waals surface area contributed by atoms with E-state index >= 15 is 0 Å². The van der Waals surface area contributed by atoms with Gasteiger partial charge in [0.1, 0.15) is 5.76 Å². The largest absolute Gasteiger partial charge is 0.441 e. The number of benzene rings is 2. The number of rotatable bonds is 5. The predicted molar refractivity (Wildman–Crippen MR) is 116 cm³/mol. The number of nitrogens with zero attached hydrogens (tertiary/aromatic N) is 2. The highest BCUT2D eigenvalue weighted by Crippen LogP contribution is 2.31. The Bertz CT molecular complexity index is 1130. The van der Waals surface area contributed by atoms with E-state index in [4.69, 9.17) is 9.40 Å². The number of aromatic nitrogens is 1. The SMILES string of the molecule is Cc1oc(-c2ccc(-c3ccc(S(C)(=O)=O)cc3)cc2)nc1C(C)N1CC[C@@H](O)C1. The fourth-order valence-electron chi connectivity index (χ4n) is 3.91. The summed E-state index contributed by atoms with van der Waals surface area (Å²) in [6, 6.07) is 14.8. The van der Waals surface area contributed by atoms with Gasteiger partial charge in [0.05, 0.1) is 22.7 Å². The smallest absolute Gasteiger partial charge is 0.226 e. The molecule has 1 aliphatic rings. The summed E-state index contributed by atoms with van der Waals surface area (Å²) in [5.41, 5.74) is 3.72. The summed E-state index contributed by atoms with van der Waals surface area (Å²) in [5.74, 6) is 1.37. The maximum Gasteiger partial charge on any atom is 0.226 e. The van der Waals surface area contributed by atoms with Crippen LogP contribution in [-0.4, -0.2) is 48.9 Å². The summed E-state index contributed by atoms with van der Waals surface area (Å²) in [6.45, 7) is 5.54. The molecular formula is C23H26N2O4S. The van der Waals surface area contributed by atoms with Gasteiger partial charge in [-0.1, -0.05) is 24.3 Å². The molecule has 0 bridgehead atoms. The van der Waals surface area contributed by atoms with Gasteiger partial charge in [-0.2, -0.15) is 0 Å². The highest BCUT2D eigenvalue weighted by atomic mass is 32.2. The minimum absolute atomic E-state index is 0.0901. The highest BCUT2D eigenvalue weighted by Gasteiger charge is 2.28. The summed E-state index contributed by atoms with van der Waals surface area (Å²) >= 11 is 0. The van der Waals surface area contributed by atoms with Gasteiger partial charge in [-0.25, -0.2) is 13.4 Å². The lowest BCUT2D eigenvalue weighted by Gasteiger charge is -2.22. The monoisotopic (exact) mass is 426 g/mol. The van der Waals surface area contributed by atoms with Gasteiger partial charge in [0.15, 0.2) is 9.84 Å². The number of hydrogen-bond donors (Lipinski definition) is 1. The van der Waals surface area contributed by atoms with E-state index in [1.807, 2.05) is 43.3 Å². The van der Waals surface area contributed by atoms with Gasteiger partial charge in [0.2, 0.25) is 5.89 Å². The third-order valence-electron chi connectivity index (χ3n) is 5.72. The van der Waals surface area contributed by atoms with Crippen LogP contribution in [0.15, 0.2) is 57.8 Å². The molecule has 6 nitrogen and oxygen atoms in total. The van der Waals surface area contributed by atoms with Crippen LogP contribution in [0.1, 0.15) is 30.8 Å². The molecule has 1 aliphatic heterocycles. The summed E-state index contributed by atoms with van der Waals surface area (Å²) in [5, 5.41) is 9.81. The number of hydrogen-bond acceptors (Lipinski definition) is 6. The molecule has 7 heteroatoms. The first-order chi connectivity index (χ1) is 14.2. The minimum Gasteiger partial charge on any atom is -0.441 e. The minimum atomic E-state index is -3.20. The van der Waals surface area contributed by atoms with Crippen LogP contribution in [0.2, 0.25) is 0 Å². The number of sulfone groups is 1. The van der Waals surface area contributed by atoms with Crippen molar-refractivity contribution < 1.29 is 17.9 Å². The van der Waals surface area contributed by atoms with E-state index in [0.29, 0.717) is 17.3 Å². The lowest BCUT2D eigenvalue weighted by atomic mass is 10.0. The Labute approximate surface area is 177 Å². The van der Waals surface area contributed by atoms with E-state index in [0.717, 1.165) is 41.1 Å². The van der Waals surface area contributed by atoms with Gasteiger partial charge in [-0.3, -0.25) is 4.90 Å². The summed E-state index contributed by atoms with van der Waals surface area (Å²) in [6.07, 6.45) is 1.73. The first-order valence-corrected chi connectivity index (χ1v) is 11.9. The predicted octanol–water partition coefficient (Wildman–Crippen LogP) is 3.85. The van der Waals surface area contributed by atoms with Crippen LogP contribution in [-0.2, 0) is 9.84 Å². The zero-order valence-corrected chi connectivity index (χ0v) is 18.2. The van der Waals surface area contributed by atoms with Gasteiger partial charge in [-0.15, -0.1) is 0 Å². The summed E-state index contributed by atoms with van der Waals surface area (Å²) in [7, 11) is -3.20. The van der Waals surface area contributed by atoms with Crippen molar-refractivity contribution in [1.82, 2.24) is 9.88 Å². The molecule has 2 heterocycles. The average molecular weight is 427 g/mol. The van der Waals surface area contributed by atoms with Crippen molar-refractivity contribution in [2.24, 2.45) is 0 Å². The van der Waals surface area contributed by atoms with Crippen molar-refractivity contribution in [2.75, 3.05) is 19.3 Å². The van der Waals surface area contributed by atoms with Crippen molar-refractivity contribution in [3.63, 3.8) is 0 Å². The Kier molecular flexibility index (Phi) is 5.53. The molecule has 158 valence electrons. The van der Waals surface area contributed by atoms with Crippen molar-refractivity contribution in [2.45, 2.75) is 37.3 Å². The molecule has 0 aliphatic carbocycles. The fourth-order valence-corrected chi connectivity index (χ4v) is 4.54. The second-order valence-corrected chi connectivity index (χ2v) is 9.96. The van der Waals surface area contributed by atoms with E-state index in [1.54, 1.807) is 12.1 Å². The Morgan fingerprint density at radius 2 is 1.63 bits per heavy atom. The van der Waals surface area contributed by atoms with Crippen LogP contribution in [0.3, 0.4) is 0 Å². The first kappa shape index (κ1) is 20.8. The Morgan fingerprint density at radius 3 is 2.17 bits per heavy atom. The average Bonchev–Trinajstić information content (AvgIpc) is 3.33. The van der Waals surface area contributed by atoms with Crippen molar-refractivity contribution >= 4 is 9.84 Å². The zero-order valence-electron chi connectivity index (χ0n) is 17.4. The molecule has 1 aromatic heterocycles. The topological polar surface area (TPSA) is 83.6 Å². The number of likely N-dealkylation sites (tertiary alicyclic amines) is 1. The van der Waals surface area contributed by atoms with Crippen molar-refractivity contribution in [1.29, 1.82) is 0 Å². The second-order valence-electron chi connectivity index (χ2n) is 7.95. The zero-order chi connectivity index (χ0) is 21.5. The fraction of sp³-hybridized carbons (Fsp3) is 0.348. The molecule has 3 aromatic rings. The third kappa shape index (κ3) is 4.19. The molecule has 1 fully saturated rings. The maximum absolute atomic E-state index is 11.6. The molecular weight excluding hydrogens is 400 g/mol. The van der Waals surface area contributed by atoms with Crippen LogP contribution >= 0.6 is 0 Å². The maximum atomic E-state index is 11.6. The van der Waals surface area contributed by atoms with Gasteiger partial charge >= 0.3 is 0 Å². The molecule has 30 heavy (non-hydrogen) atoms. The van der Waals surface area contributed by atoms with E-state index in [-0.39, 0.29) is 12.1 Å². The van der Waals surface area contributed by atoms with Crippen molar-refractivity contribution in [3.05, 3.63) is 60.0 Å². The normalized spacial score (nSPS) is 18.6. The molecule has 4 rings (SSSR count).